The van der Waals surface area contributed by atoms with Gasteiger partial charge >= 0.3 is 0 Å². The Kier molecular flexibility index (Phi) is 4.44. The van der Waals surface area contributed by atoms with Crippen LogP contribution in [-0.4, -0.2) is 19.2 Å². The average Bonchev–Trinajstić information content (AvgIpc) is 2.47. The van der Waals surface area contributed by atoms with Gasteiger partial charge in [0.2, 0.25) is 0 Å². The summed E-state index contributed by atoms with van der Waals surface area (Å²) in [5.41, 5.74) is 3.28. The highest BCUT2D eigenvalue weighted by Gasteiger charge is 2.04. The van der Waals surface area contributed by atoms with Crippen LogP contribution in [0.25, 0.3) is 0 Å². The van der Waals surface area contributed by atoms with Crippen molar-refractivity contribution in [2.75, 3.05) is 7.11 Å². The first-order valence-corrected chi connectivity index (χ1v) is 5.92. The van der Waals surface area contributed by atoms with E-state index in [4.69, 9.17) is 4.74 Å². The predicted molar refractivity (Wildman–Crippen MR) is 74.5 cm³/mol. The average molecular weight is 272 g/mol. The number of carbonyl (C=O) groups is 1. The second-order valence-electron chi connectivity index (χ2n) is 3.95. The quantitative estimate of drug-likeness (QED) is 0.687. The fourth-order valence-electron chi connectivity index (χ4n) is 1.63. The Morgan fingerprint density at radius 2 is 2.05 bits per heavy atom. The first-order valence-electron chi connectivity index (χ1n) is 5.92. The summed E-state index contributed by atoms with van der Waals surface area (Å²) in [6.07, 6.45) is 1.47. The molecule has 0 aromatic heterocycles. The Morgan fingerprint density at radius 1 is 1.25 bits per heavy atom. The van der Waals surface area contributed by atoms with Gasteiger partial charge in [-0.15, -0.1) is 0 Å². The van der Waals surface area contributed by atoms with Crippen molar-refractivity contribution in [3.05, 3.63) is 65.5 Å². The fourth-order valence-corrected chi connectivity index (χ4v) is 1.63. The van der Waals surface area contributed by atoms with E-state index in [-0.39, 0.29) is 5.56 Å². The summed E-state index contributed by atoms with van der Waals surface area (Å²) in [5.74, 6) is -0.293. The van der Waals surface area contributed by atoms with E-state index < -0.39 is 11.7 Å². The summed E-state index contributed by atoms with van der Waals surface area (Å²) in [6.45, 7) is 0. The second-order valence-corrected chi connectivity index (χ2v) is 3.95. The fraction of sp³-hybridized carbons (Fsp3) is 0.0667. The molecule has 0 aliphatic carbocycles. The molecule has 2 rings (SSSR count). The van der Waals surface area contributed by atoms with Gasteiger partial charge in [0.05, 0.1) is 13.3 Å². The van der Waals surface area contributed by atoms with Crippen molar-refractivity contribution in [2.45, 2.75) is 0 Å². The first kappa shape index (κ1) is 13.7. The highest BCUT2D eigenvalue weighted by Crippen LogP contribution is 2.14. The van der Waals surface area contributed by atoms with Gasteiger partial charge in [-0.3, -0.25) is 4.79 Å². The van der Waals surface area contributed by atoms with Crippen molar-refractivity contribution in [3.8, 4) is 5.75 Å². The molecule has 1 N–H and O–H groups in total. The lowest BCUT2D eigenvalue weighted by atomic mass is 10.2. The lowest BCUT2D eigenvalue weighted by molar-refractivity contribution is 0.0954. The van der Waals surface area contributed by atoms with E-state index in [0.717, 1.165) is 11.6 Å². The lowest BCUT2D eigenvalue weighted by Gasteiger charge is -2.03. The van der Waals surface area contributed by atoms with Gasteiger partial charge < -0.3 is 4.74 Å². The zero-order valence-corrected chi connectivity index (χ0v) is 10.8. The molecule has 5 heteroatoms. The molecular formula is C15H13FN2O2. The Labute approximate surface area is 115 Å². The number of rotatable bonds is 4. The monoisotopic (exact) mass is 272 g/mol. The molecule has 0 heterocycles. The van der Waals surface area contributed by atoms with E-state index in [1.54, 1.807) is 19.2 Å². The lowest BCUT2D eigenvalue weighted by Crippen LogP contribution is -2.17. The van der Waals surface area contributed by atoms with Crippen LogP contribution in [0, 0.1) is 5.82 Å². The Bertz CT molecular complexity index is 641. The van der Waals surface area contributed by atoms with E-state index in [1.807, 2.05) is 12.1 Å². The number of ether oxygens (including phenoxy) is 1. The molecule has 4 nitrogen and oxygen atoms in total. The van der Waals surface area contributed by atoms with Crippen LogP contribution >= 0.6 is 0 Å². The third-order valence-electron chi connectivity index (χ3n) is 2.60. The molecule has 0 unspecified atom stereocenters. The van der Waals surface area contributed by atoms with Crippen LogP contribution in [0.4, 0.5) is 4.39 Å². The second kappa shape index (κ2) is 6.47. The summed E-state index contributed by atoms with van der Waals surface area (Å²) >= 11 is 0. The van der Waals surface area contributed by atoms with Gasteiger partial charge in [-0.25, -0.2) is 9.82 Å². The highest BCUT2D eigenvalue weighted by atomic mass is 19.1. The van der Waals surface area contributed by atoms with Crippen molar-refractivity contribution in [1.82, 2.24) is 5.43 Å². The number of para-hydroxylation sites is 1. The maximum Gasteiger partial charge on any atom is 0.271 e. The molecule has 0 fully saturated rings. The minimum Gasteiger partial charge on any atom is -0.496 e. The van der Waals surface area contributed by atoms with Crippen molar-refractivity contribution >= 4 is 12.1 Å². The number of benzene rings is 2. The van der Waals surface area contributed by atoms with Crippen LogP contribution in [0.1, 0.15) is 15.9 Å². The number of hydrogen-bond donors (Lipinski definition) is 1. The van der Waals surface area contributed by atoms with Gasteiger partial charge in [0, 0.05) is 11.1 Å². The van der Waals surface area contributed by atoms with Crippen LogP contribution in [-0.2, 0) is 0 Å². The molecule has 0 spiro atoms. The number of hydrogen-bond acceptors (Lipinski definition) is 3. The summed E-state index contributed by atoms with van der Waals surface area (Å²) < 4.78 is 18.1. The summed E-state index contributed by atoms with van der Waals surface area (Å²) in [5, 5.41) is 3.83. The zero-order valence-electron chi connectivity index (χ0n) is 10.8. The zero-order chi connectivity index (χ0) is 14.4. The summed E-state index contributed by atoms with van der Waals surface area (Å²) in [4.78, 5) is 11.7. The van der Waals surface area contributed by atoms with Crippen LogP contribution in [0.3, 0.4) is 0 Å². The number of carbonyl (C=O) groups excluding carboxylic acids is 1. The molecule has 1 amide bonds. The van der Waals surface area contributed by atoms with Gasteiger partial charge in [-0.1, -0.05) is 18.2 Å². The van der Waals surface area contributed by atoms with Crippen LogP contribution in [0.5, 0.6) is 5.75 Å². The van der Waals surface area contributed by atoms with Crippen LogP contribution in [0.15, 0.2) is 53.6 Å². The van der Waals surface area contributed by atoms with E-state index >= 15 is 0 Å². The summed E-state index contributed by atoms with van der Waals surface area (Å²) in [7, 11) is 1.55. The third kappa shape index (κ3) is 3.41. The molecular weight excluding hydrogens is 259 g/mol. The van der Waals surface area contributed by atoms with Crippen molar-refractivity contribution in [3.63, 3.8) is 0 Å². The van der Waals surface area contributed by atoms with Gasteiger partial charge in [-0.05, 0) is 30.3 Å². The number of nitrogens with zero attached hydrogens (tertiary/aromatic N) is 1. The molecule has 102 valence electrons. The number of methoxy groups -OCH3 is 1. The van der Waals surface area contributed by atoms with Crippen molar-refractivity contribution in [1.29, 1.82) is 0 Å². The number of amides is 1. The maximum atomic E-state index is 13.0. The SMILES string of the molecule is COc1ccccc1/C=N\NC(=O)c1cccc(F)c1. The van der Waals surface area contributed by atoms with Gasteiger partial charge in [0.25, 0.3) is 5.91 Å². The van der Waals surface area contributed by atoms with E-state index in [1.165, 1.54) is 24.4 Å². The molecule has 0 aliphatic heterocycles. The number of nitrogens with one attached hydrogen (secondary N) is 1. The molecule has 0 saturated heterocycles. The molecule has 0 aliphatic rings. The molecule has 2 aromatic rings. The third-order valence-corrected chi connectivity index (χ3v) is 2.60. The predicted octanol–water partition coefficient (Wildman–Crippen LogP) is 2.60. The highest BCUT2D eigenvalue weighted by molar-refractivity contribution is 5.95. The Balaban J connectivity index is 2.05. The smallest absolute Gasteiger partial charge is 0.271 e. The standard InChI is InChI=1S/C15H13FN2O2/c1-20-14-8-3-2-5-12(14)10-17-18-15(19)11-6-4-7-13(16)9-11/h2-10H,1H3,(H,18,19)/b17-10-. The molecule has 0 bridgehead atoms. The van der Waals surface area contributed by atoms with E-state index in [9.17, 15) is 9.18 Å². The van der Waals surface area contributed by atoms with E-state index in [2.05, 4.69) is 10.5 Å². The van der Waals surface area contributed by atoms with Gasteiger partial charge in [0.1, 0.15) is 11.6 Å². The van der Waals surface area contributed by atoms with E-state index in [0.29, 0.717) is 5.75 Å². The number of hydrazone groups is 1. The maximum absolute atomic E-state index is 13.0. The number of halogens is 1. The largest absolute Gasteiger partial charge is 0.496 e. The van der Waals surface area contributed by atoms with Crippen LogP contribution in [0.2, 0.25) is 0 Å². The van der Waals surface area contributed by atoms with Crippen LogP contribution < -0.4 is 10.2 Å². The summed E-state index contributed by atoms with van der Waals surface area (Å²) in [6, 6.07) is 12.7. The molecule has 20 heavy (non-hydrogen) atoms. The molecule has 2 aromatic carbocycles. The Morgan fingerprint density at radius 3 is 2.80 bits per heavy atom. The molecule has 0 saturated carbocycles. The minimum atomic E-state index is -0.476. The molecule has 0 atom stereocenters. The normalized spacial score (nSPS) is 10.5. The minimum absolute atomic E-state index is 0.210. The topological polar surface area (TPSA) is 50.7 Å². The first-order chi connectivity index (χ1) is 9.70. The van der Waals surface area contributed by atoms with Gasteiger partial charge in [0.15, 0.2) is 0 Å². The Hall–Kier alpha value is -2.69. The van der Waals surface area contributed by atoms with Gasteiger partial charge in [-0.2, -0.15) is 5.10 Å². The van der Waals surface area contributed by atoms with Crippen molar-refractivity contribution < 1.29 is 13.9 Å². The van der Waals surface area contributed by atoms with Crippen molar-refractivity contribution in [2.24, 2.45) is 5.10 Å². The molecule has 0 radical (unpaired) electrons.